The van der Waals surface area contributed by atoms with Gasteiger partial charge in [-0.25, -0.2) is 0 Å². The van der Waals surface area contributed by atoms with Crippen molar-refractivity contribution in [3.8, 4) is 0 Å². The maximum atomic E-state index is 11.7. The van der Waals surface area contributed by atoms with E-state index in [1.165, 1.54) is 6.92 Å². The Balaban J connectivity index is 1.89. The molecule has 3 aromatic rings. The van der Waals surface area contributed by atoms with Crippen LogP contribution in [-0.4, -0.2) is 29.4 Å². The second kappa shape index (κ2) is 5.24. The SMILES string of the molecule is COn1cc(C2OCCc3c2noc3C(C)=O)c2ccccc21. The lowest BCUT2D eigenvalue weighted by atomic mass is 9.97. The van der Waals surface area contributed by atoms with Gasteiger partial charge in [0.25, 0.3) is 0 Å². The second-order valence-electron chi connectivity index (χ2n) is 5.54. The highest BCUT2D eigenvalue weighted by Gasteiger charge is 2.32. The van der Waals surface area contributed by atoms with Crippen LogP contribution in [0, 0.1) is 0 Å². The van der Waals surface area contributed by atoms with Gasteiger partial charge in [0, 0.05) is 29.9 Å². The Morgan fingerprint density at radius 2 is 2.22 bits per heavy atom. The van der Waals surface area contributed by atoms with E-state index in [-0.39, 0.29) is 11.9 Å². The average Bonchev–Trinajstić information content (AvgIpc) is 3.16. The second-order valence-corrected chi connectivity index (χ2v) is 5.54. The van der Waals surface area contributed by atoms with Crippen LogP contribution < -0.4 is 4.84 Å². The van der Waals surface area contributed by atoms with Crippen molar-refractivity contribution in [2.45, 2.75) is 19.4 Å². The smallest absolute Gasteiger partial charge is 0.205 e. The van der Waals surface area contributed by atoms with Crippen LogP contribution in [0.4, 0.5) is 0 Å². The molecule has 2 aromatic heterocycles. The van der Waals surface area contributed by atoms with Gasteiger partial charge < -0.3 is 14.1 Å². The van der Waals surface area contributed by atoms with Gasteiger partial charge in [0.1, 0.15) is 18.9 Å². The molecule has 1 aliphatic rings. The molecule has 3 heterocycles. The summed E-state index contributed by atoms with van der Waals surface area (Å²) < 4.78 is 12.9. The highest BCUT2D eigenvalue weighted by molar-refractivity contribution is 5.93. The minimum Gasteiger partial charge on any atom is -0.417 e. The molecular formula is C17H16N2O4. The van der Waals surface area contributed by atoms with Gasteiger partial charge in [0.15, 0.2) is 5.78 Å². The lowest BCUT2D eigenvalue weighted by molar-refractivity contribution is 0.0656. The number of Topliss-reactive ketones (excluding diaryl/α,β-unsaturated/α-hetero) is 1. The molecule has 6 heteroatoms. The average molecular weight is 312 g/mol. The molecule has 0 bridgehead atoms. The Morgan fingerprint density at radius 1 is 1.39 bits per heavy atom. The fraction of sp³-hybridized carbons (Fsp3) is 0.294. The van der Waals surface area contributed by atoms with Crippen LogP contribution >= 0.6 is 0 Å². The van der Waals surface area contributed by atoms with Gasteiger partial charge in [-0.15, -0.1) is 0 Å². The molecule has 1 aliphatic heterocycles. The summed E-state index contributed by atoms with van der Waals surface area (Å²) >= 11 is 0. The highest BCUT2D eigenvalue weighted by Crippen LogP contribution is 2.37. The molecule has 6 nitrogen and oxygen atoms in total. The number of carbonyl (C=O) groups excluding carboxylic acids is 1. The van der Waals surface area contributed by atoms with E-state index in [0.29, 0.717) is 24.5 Å². The molecule has 0 aliphatic carbocycles. The summed E-state index contributed by atoms with van der Waals surface area (Å²) in [6, 6.07) is 7.93. The maximum absolute atomic E-state index is 11.7. The number of rotatable bonds is 3. The quantitative estimate of drug-likeness (QED) is 0.695. The van der Waals surface area contributed by atoms with E-state index < -0.39 is 0 Å². The van der Waals surface area contributed by atoms with E-state index >= 15 is 0 Å². The number of fused-ring (bicyclic) bond motifs is 2. The lowest BCUT2D eigenvalue weighted by Crippen LogP contribution is -2.18. The van der Waals surface area contributed by atoms with Crippen LogP contribution in [0.5, 0.6) is 0 Å². The Kier molecular flexibility index (Phi) is 3.20. The summed E-state index contributed by atoms with van der Waals surface area (Å²) in [6.45, 7) is 2.01. The van der Waals surface area contributed by atoms with Crippen molar-refractivity contribution in [2.75, 3.05) is 13.7 Å². The number of ether oxygens (including phenoxy) is 1. The molecule has 0 saturated carbocycles. The summed E-state index contributed by atoms with van der Waals surface area (Å²) in [5.74, 6) is 0.225. The molecule has 4 rings (SSSR count). The number of nitrogens with zero attached hydrogens (tertiary/aromatic N) is 2. The largest absolute Gasteiger partial charge is 0.417 e. The van der Waals surface area contributed by atoms with Crippen molar-refractivity contribution in [3.63, 3.8) is 0 Å². The topological polar surface area (TPSA) is 66.5 Å². The van der Waals surface area contributed by atoms with E-state index in [4.69, 9.17) is 14.1 Å². The van der Waals surface area contributed by atoms with Crippen molar-refractivity contribution < 1.29 is 18.9 Å². The predicted molar refractivity (Wildman–Crippen MR) is 82.4 cm³/mol. The number of benzene rings is 1. The zero-order valence-electron chi connectivity index (χ0n) is 12.9. The minimum absolute atomic E-state index is 0.112. The molecule has 118 valence electrons. The molecule has 0 N–H and O–H groups in total. The van der Waals surface area contributed by atoms with Crippen LogP contribution in [0.3, 0.4) is 0 Å². The van der Waals surface area contributed by atoms with Gasteiger partial charge in [-0.1, -0.05) is 23.4 Å². The summed E-state index contributed by atoms with van der Waals surface area (Å²) in [6.07, 6.45) is 2.16. The molecular weight excluding hydrogens is 296 g/mol. The predicted octanol–water partition coefficient (Wildman–Crippen LogP) is 2.55. The first-order chi connectivity index (χ1) is 11.2. The minimum atomic E-state index is -0.364. The molecule has 1 atom stereocenters. The maximum Gasteiger partial charge on any atom is 0.205 e. The van der Waals surface area contributed by atoms with Crippen LogP contribution in [0.25, 0.3) is 10.9 Å². The van der Waals surface area contributed by atoms with Crippen molar-refractivity contribution in [1.29, 1.82) is 0 Å². The molecule has 1 unspecified atom stereocenters. The fourth-order valence-corrected chi connectivity index (χ4v) is 3.18. The first kappa shape index (κ1) is 14.0. The number of aromatic nitrogens is 2. The van der Waals surface area contributed by atoms with E-state index in [1.807, 2.05) is 30.5 Å². The van der Waals surface area contributed by atoms with Gasteiger partial charge >= 0.3 is 0 Å². The number of hydrogen-bond donors (Lipinski definition) is 0. The van der Waals surface area contributed by atoms with Crippen LogP contribution in [0.15, 0.2) is 35.0 Å². The molecule has 23 heavy (non-hydrogen) atoms. The normalized spacial score (nSPS) is 17.2. The molecule has 0 amide bonds. The molecule has 0 spiro atoms. The Morgan fingerprint density at radius 3 is 3.00 bits per heavy atom. The summed E-state index contributed by atoms with van der Waals surface area (Å²) in [5, 5.41) is 5.13. The monoisotopic (exact) mass is 312 g/mol. The number of carbonyl (C=O) groups is 1. The standard InChI is InChI=1S/C17H16N2O4/c1-10(20)16-12-7-8-22-17(15(12)18-23-16)13-9-19(21-2)14-6-4-3-5-11(13)14/h3-6,9,17H,7-8H2,1-2H3. The van der Waals surface area contributed by atoms with E-state index in [1.54, 1.807) is 11.8 Å². The van der Waals surface area contributed by atoms with Crippen LogP contribution in [-0.2, 0) is 11.2 Å². The van der Waals surface area contributed by atoms with Crippen molar-refractivity contribution in [3.05, 3.63) is 53.0 Å². The fourth-order valence-electron chi connectivity index (χ4n) is 3.18. The third-order valence-corrected chi connectivity index (χ3v) is 4.21. The third-order valence-electron chi connectivity index (χ3n) is 4.21. The molecule has 0 saturated heterocycles. The number of ketones is 1. The number of para-hydroxylation sites is 1. The third kappa shape index (κ3) is 2.06. The van der Waals surface area contributed by atoms with Crippen molar-refractivity contribution >= 4 is 16.7 Å². The Hall–Kier alpha value is -2.60. The van der Waals surface area contributed by atoms with E-state index in [2.05, 4.69) is 5.16 Å². The van der Waals surface area contributed by atoms with Crippen LogP contribution in [0.2, 0.25) is 0 Å². The first-order valence-corrected chi connectivity index (χ1v) is 7.46. The lowest BCUT2D eigenvalue weighted by Gasteiger charge is -2.21. The van der Waals surface area contributed by atoms with Crippen LogP contribution in [0.1, 0.15) is 40.4 Å². The highest BCUT2D eigenvalue weighted by atomic mass is 16.6. The Labute approximate surface area is 132 Å². The van der Waals surface area contributed by atoms with Gasteiger partial charge in [0.2, 0.25) is 5.76 Å². The summed E-state index contributed by atoms with van der Waals surface area (Å²) in [4.78, 5) is 17.1. The van der Waals surface area contributed by atoms with Gasteiger partial charge in [-0.3, -0.25) is 4.79 Å². The van der Waals surface area contributed by atoms with Crippen molar-refractivity contribution in [2.24, 2.45) is 0 Å². The van der Waals surface area contributed by atoms with E-state index in [0.717, 1.165) is 22.0 Å². The van der Waals surface area contributed by atoms with E-state index in [9.17, 15) is 4.79 Å². The number of hydrogen-bond acceptors (Lipinski definition) is 5. The molecule has 0 fully saturated rings. The van der Waals surface area contributed by atoms with Gasteiger partial charge in [0.05, 0.1) is 18.3 Å². The molecule has 1 aromatic carbocycles. The first-order valence-electron chi connectivity index (χ1n) is 7.46. The zero-order chi connectivity index (χ0) is 16.0. The Bertz CT molecular complexity index is 893. The van der Waals surface area contributed by atoms with Gasteiger partial charge in [-0.2, -0.15) is 4.73 Å². The summed E-state index contributed by atoms with van der Waals surface area (Å²) in [5.41, 5.74) is 3.44. The van der Waals surface area contributed by atoms with Crippen molar-refractivity contribution in [1.82, 2.24) is 9.89 Å². The zero-order valence-corrected chi connectivity index (χ0v) is 12.9. The van der Waals surface area contributed by atoms with Gasteiger partial charge in [-0.05, 0) is 6.07 Å². The summed E-state index contributed by atoms with van der Waals surface area (Å²) in [7, 11) is 1.62. The molecule has 0 radical (unpaired) electrons.